The maximum atomic E-state index is 13.7. The van der Waals surface area contributed by atoms with Crippen molar-refractivity contribution in [3.63, 3.8) is 0 Å². The number of rotatable bonds is 8. The van der Waals surface area contributed by atoms with Crippen molar-refractivity contribution < 1.29 is 31.5 Å². The molecule has 15 heteroatoms. The summed E-state index contributed by atoms with van der Waals surface area (Å²) in [6.45, 7) is -0.200. The molecule has 0 unspecified atom stereocenters. The number of ether oxygens (including phenoxy) is 2. The van der Waals surface area contributed by atoms with Gasteiger partial charge in [-0.3, -0.25) is 14.1 Å². The Kier molecular flexibility index (Phi) is 6.49. The van der Waals surface area contributed by atoms with Crippen LogP contribution in [0.5, 0.6) is 11.5 Å². The number of sulfonamides is 1. The Morgan fingerprint density at radius 3 is 2.41 bits per heavy atom. The monoisotopic (exact) mass is 531 g/mol. The van der Waals surface area contributed by atoms with Gasteiger partial charge in [-0.1, -0.05) is 6.07 Å². The van der Waals surface area contributed by atoms with Crippen LogP contribution in [0.1, 0.15) is 11.9 Å². The molecular weight excluding hydrogens is 509 g/mol. The Labute approximate surface area is 210 Å². The minimum Gasteiger partial charge on any atom is -0.494 e. The van der Waals surface area contributed by atoms with Crippen LogP contribution in [0.25, 0.3) is 17.3 Å². The van der Waals surface area contributed by atoms with E-state index in [1.54, 1.807) is 37.4 Å². The number of benzene rings is 1. The van der Waals surface area contributed by atoms with E-state index in [4.69, 9.17) is 18.7 Å². The fraction of sp³-hybridized carbons (Fsp3) is 0.273. The molecule has 4 heterocycles. The van der Waals surface area contributed by atoms with Crippen molar-refractivity contribution in [1.29, 1.82) is 0 Å². The highest BCUT2D eigenvalue weighted by atomic mass is 32.2. The Morgan fingerprint density at radius 2 is 1.78 bits per heavy atom. The fourth-order valence-corrected chi connectivity index (χ4v) is 5.45. The van der Waals surface area contributed by atoms with Crippen molar-refractivity contribution in [3.05, 3.63) is 60.6 Å². The Morgan fingerprint density at radius 1 is 1.08 bits per heavy atom. The average Bonchev–Trinajstić information content (AvgIpc) is 3.64. The number of nitrogens with one attached hydrogen (secondary N) is 1. The molecule has 2 atom stereocenters. The van der Waals surface area contributed by atoms with Crippen LogP contribution >= 0.6 is 0 Å². The van der Waals surface area contributed by atoms with Crippen molar-refractivity contribution in [1.82, 2.24) is 29.8 Å². The second kappa shape index (κ2) is 9.76. The van der Waals surface area contributed by atoms with Crippen molar-refractivity contribution in [3.8, 4) is 28.8 Å². The number of hydrogen-bond acceptors (Lipinski definition) is 11. The third-order valence-corrected chi connectivity index (χ3v) is 7.41. The number of hydroxylamine groups is 2. The highest BCUT2D eigenvalue weighted by Crippen LogP contribution is 2.39. The van der Waals surface area contributed by atoms with E-state index in [1.807, 2.05) is 0 Å². The fourth-order valence-electron chi connectivity index (χ4n) is 4.04. The largest absolute Gasteiger partial charge is 0.494 e. The minimum absolute atomic E-state index is 0.0842. The predicted octanol–water partition coefficient (Wildman–Crippen LogP) is 2.20. The molecule has 194 valence electrons. The van der Waals surface area contributed by atoms with Gasteiger partial charge in [0.05, 0.1) is 39.5 Å². The first-order chi connectivity index (χ1) is 17.8. The lowest BCUT2D eigenvalue weighted by molar-refractivity contribution is -0.112. The highest BCUT2D eigenvalue weighted by molar-refractivity contribution is 7.93. The minimum atomic E-state index is -4.20. The van der Waals surface area contributed by atoms with Crippen molar-refractivity contribution in [2.45, 2.75) is 11.3 Å². The summed E-state index contributed by atoms with van der Waals surface area (Å²) in [5, 5.41) is 8.42. The summed E-state index contributed by atoms with van der Waals surface area (Å²) in [5.74, 6) is 0.551. The SMILES string of the molecule is COc1cccc(OC)c1-n1c(NS(=O)(=O)[C@H]2CON(C)[C@@H]2c2ncc(F)cn2)nnc1-c1ccco1. The van der Waals surface area contributed by atoms with Gasteiger partial charge in [0.25, 0.3) is 0 Å². The lowest BCUT2D eigenvalue weighted by Gasteiger charge is -2.22. The van der Waals surface area contributed by atoms with Gasteiger partial charge in [0.2, 0.25) is 21.8 Å². The number of halogens is 1. The van der Waals surface area contributed by atoms with E-state index in [0.29, 0.717) is 22.9 Å². The van der Waals surface area contributed by atoms with Crippen LogP contribution in [0.3, 0.4) is 0 Å². The molecule has 1 N–H and O–H groups in total. The van der Waals surface area contributed by atoms with E-state index >= 15 is 0 Å². The maximum absolute atomic E-state index is 13.7. The molecule has 0 aliphatic carbocycles. The molecule has 0 bridgehead atoms. The smallest absolute Gasteiger partial charge is 0.243 e. The first kappa shape index (κ1) is 24.6. The van der Waals surface area contributed by atoms with Crippen molar-refractivity contribution >= 4 is 16.0 Å². The molecule has 0 amide bonds. The van der Waals surface area contributed by atoms with E-state index in [-0.39, 0.29) is 24.2 Å². The van der Waals surface area contributed by atoms with Gasteiger partial charge >= 0.3 is 0 Å². The third-order valence-electron chi connectivity index (χ3n) is 5.75. The summed E-state index contributed by atoms with van der Waals surface area (Å²) >= 11 is 0. The second-order valence-corrected chi connectivity index (χ2v) is 9.80. The van der Waals surface area contributed by atoms with E-state index in [0.717, 1.165) is 12.4 Å². The zero-order valence-electron chi connectivity index (χ0n) is 19.9. The summed E-state index contributed by atoms with van der Waals surface area (Å²) in [6.07, 6.45) is 3.38. The van der Waals surface area contributed by atoms with Gasteiger partial charge in [0.1, 0.15) is 34.3 Å². The van der Waals surface area contributed by atoms with E-state index < -0.39 is 27.1 Å². The molecule has 13 nitrogen and oxygen atoms in total. The van der Waals surface area contributed by atoms with E-state index in [2.05, 4.69) is 24.9 Å². The van der Waals surface area contributed by atoms with E-state index in [9.17, 15) is 12.8 Å². The van der Waals surface area contributed by atoms with Crippen LogP contribution in [0.2, 0.25) is 0 Å². The molecule has 1 aromatic carbocycles. The summed E-state index contributed by atoms with van der Waals surface area (Å²) in [5.41, 5.74) is 0.347. The van der Waals surface area contributed by atoms with Gasteiger partial charge < -0.3 is 13.9 Å². The van der Waals surface area contributed by atoms with Gasteiger partial charge in [0.15, 0.2) is 11.6 Å². The number of para-hydroxylation sites is 1. The number of hydrogen-bond donors (Lipinski definition) is 1. The van der Waals surface area contributed by atoms with Crippen molar-refractivity contribution in [2.75, 3.05) is 32.6 Å². The summed E-state index contributed by atoms with van der Waals surface area (Å²) in [4.78, 5) is 13.4. The van der Waals surface area contributed by atoms with Crippen LogP contribution in [0, 0.1) is 5.82 Å². The average molecular weight is 532 g/mol. The quantitative estimate of drug-likeness (QED) is 0.357. The molecular formula is C22H22FN7O6S. The lowest BCUT2D eigenvalue weighted by Crippen LogP contribution is -2.36. The zero-order valence-corrected chi connectivity index (χ0v) is 20.7. The molecule has 1 saturated heterocycles. The first-order valence-electron chi connectivity index (χ1n) is 10.9. The molecule has 3 aromatic heterocycles. The summed E-state index contributed by atoms with van der Waals surface area (Å²) in [7, 11) is 0.282. The zero-order chi connectivity index (χ0) is 26.2. The molecule has 0 radical (unpaired) electrons. The Bertz CT molecular complexity index is 1470. The topological polar surface area (TPSA) is 147 Å². The van der Waals surface area contributed by atoms with Crippen LogP contribution in [0.4, 0.5) is 10.3 Å². The number of nitrogens with zero attached hydrogens (tertiary/aromatic N) is 6. The Balaban J connectivity index is 1.60. The van der Waals surface area contributed by atoms with Crippen LogP contribution in [-0.2, 0) is 14.9 Å². The molecule has 1 fully saturated rings. The second-order valence-electron chi connectivity index (χ2n) is 7.90. The normalized spacial score (nSPS) is 18.2. The van der Waals surface area contributed by atoms with Crippen molar-refractivity contribution in [2.24, 2.45) is 0 Å². The standard InChI is InChI=1S/C22H22FN7O6S/c1-29-19(20-24-10-13(23)11-25-20)17(12-36-29)37(31,32)28-22-27-26-21(16-8-5-9-35-16)30(22)18-14(33-2)6-4-7-15(18)34-3/h4-11,17,19H,12H2,1-3H3,(H,27,28)/t17-,19-/m0/s1. The van der Waals surface area contributed by atoms with Gasteiger partial charge in [-0.2, -0.15) is 5.06 Å². The van der Waals surface area contributed by atoms with Crippen LogP contribution in [0.15, 0.2) is 53.4 Å². The number of furan rings is 1. The van der Waals surface area contributed by atoms with Crippen LogP contribution < -0.4 is 14.2 Å². The number of aromatic nitrogens is 5. The molecule has 0 saturated carbocycles. The van der Waals surface area contributed by atoms with Gasteiger partial charge in [0, 0.05) is 7.05 Å². The molecule has 1 aliphatic rings. The summed E-state index contributed by atoms with van der Waals surface area (Å²) in [6, 6.07) is 7.49. The lowest BCUT2D eigenvalue weighted by atomic mass is 10.2. The highest BCUT2D eigenvalue weighted by Gasteiger charge is 2.45. The molecule has 4 aromatic rings. The molecule has 37 heavy (non-hydrogen) atoms. The molecule has 1 aliphatic heterocycles. The number of anilines is 1. The third kappa shape index (κ3) is 4.47. The van der Waals surface area contributed by atoms with Crippen LogP contribution in [-0.4, -0.2) is 71.3 Å². The predicted molar refractivity (Wildman–Crippen MR) is 127 cm³/mol. The number of methoxy groups -OCH3 is 2. The van der Waals surface area contributed by atoms with Gasteiger partial charge in [-0.15, -0.1) is 10.2 Å². The summed E-state index contributed by atoms with van der Waals surface area (Å²) < 4.78 is 61.3. The van der Waals surface area contributed by atoms with Gasteiger partial charge in [-0.05, 0) is 24.3 Å². The van der Waals surface area contributed by atoms with E-state index in [1.165, 1.54) is 30.1 Å². The van der Waals surface area contributed by atoms with Gasteiger partial charge in [-0.25, -0.2) is 22.8 Å². The molecule has 5 rings (SSSR count). The maximum Gasteiger partial charge on any atom is 0.243 e. The first-order valence-corrected chi connectivity index (χ1v) is 12.4. The Hall–Kier alpha value is -4.08. The molecule has 0 spiro atoms.